The molecule has 27 heavy (non-hydrogen) atoms. The monoisotopic (exact) mass is 375 g/mol. The first kappa shape index (κ1) is 17.2. The molecule has 0 bridgehead atoms. The smallest absolute Gasteiger partial charge is 0.307 e. The first-order valence-corrected chi connectivity index (χ1v) is 9.31. The van der Waals surface area contributed by atoms with Crippen molar-refractivity contribution in [3.63, 3.8) is 0 Å². The molecule has 4 nitrogen and oxygen atoms in total. The molecule has 0 saturated carbocycles. The lowest BCUT2D eigenvalue weighted by molar-refractivity contribution is -0.135. The van der Waals surface area contributed by atoms with Gasteiger partial charge in [0, 0.05) is 5.56 Å². The summed E-state index contributed by atoms with van der Waals surface area (Å²) in [5, 5.41) is 12.2. The molecule has 0 unspecified atom stereocenters. The number of carbonyl (C=O) groups is 1. The van der Waals surface area contributed by atoms with Gasteiger partial charge in [0.25, 0.3) is 0 Å². The van der Waals surface area contributed by atoms with Crippen molar-refractivity contribution in [2.75, 3.05) is 7.11 Å². The first-order chi connectivity index (χ1) is 13.2. The molecule has 3 aromatic carbocycles. The van der Waals surface area contributed by atoms with E-state index in [-0.39, 0.29) is 6.42 Å². The number of thiazole rings is 1. The predicted molar refractivity (Wildman–Crippen MR) is 110 cm³/mol. The number of rotatable bonds is 5. The summed E-state index contributed by atoms with van der Waals surface area (Å²) in [7, 11) is 1.62. The molecule has 1 heterocycles. The van der Waals surface area contributed by atoms with Gasteiger partial charge < -0.3 is 9.84 Å². The normalized spacial score (nSPS) is 11.8. The fourth-order valence-corrected chi connectivity index (χ4v) is 4.12. The van der Waals surface area contributed by atoms with Crippen molar-refractivity contribution in [3.05, 3.63) is 71.2 Å². The summed E-state index contributed by atoms with van der Waals surface area (Å²) in [5.74, 6) is -0.183. The highest BCUT2D eigenvalue weighted by Gasteiger charge is 2.15. The van der Waals surface area contributed by atoms with Gasteiger partial charge in [-0.2, -0.15) is 0 Å². The van der Waals surface area contributed by atoms with Gasteiger partial charge >= 0.3 is 5.97 Å². The Labute approximate surface area is 160 Å². The molecule has 4 rings (SSSR count). The number of methoxy groups -OCH3 is 1. The van der Waals surface area contributed by atoms with Crippen LogP contribution in [0.5, 0.6) is 5.75 Å². The fraction of sp³-hybridized carbons (Fsp3) is 0.0909. The van der Waals surface area contributed by atoms with E-state index in [1.165, 1.54) is 11.3 Å². The van der Waals surface area contributed by atoms with E-state index in [1.54, 1.807) is 7.11 Å². The minimum absolute atomic E-state index is 0.105. The second-order valence-corrected chi connectivity index (χ2v) is 7.16. The summed E-state index contributed by atoms with van der Waals surface area (Å²) < 4.78 is 6.58. The molecule has 0 amide bonds. The second kappa shape index (κ2) is 7.21. The number of carboxylic acid groups (broad SMARTS) is 1. The number of carboxylic acids is 1. The zero-order chi connectivity index (χ0) is 18.8. The van der Waals surface area contributed by atoms with Crippen LogP contribution in [0.3, 0.4) is 0 Å². The number of aromatic nitrogens is 1. The SMILES string of the molecule is COc1ccc2ccccc2c1/C=C(\CC(=O)O)c1nc2ccccc2s1. The Balaban J connectivity index is 1.94. The number of hydrogen-bond donors (Lipinski definition) is 1. The molecule has 5 heteroatoms. The molecule has 0 saturated heterocycles. The highest BCUT2D eigenvalue weighted by atomic mass is 32.1. The van der Waals surface area contributed by atoms with Gasteiger partial charge in [0.2, 0.25) is 0 Å². The van der Waals surface area contributed by atoms with Crippen molar-refractivity contribution in [1.29, 1.82) is 0 Å². The summed E-state index contributed by atoms with van der Waals surface area (Å²) in [6.45, 7) is 0. The predicted octanol–water partition coefficient (Wildman–Crippen LogP) is 5.47. The molecule has 134 valence electrons. The molecule has 0 aliphatic heterocycles. The molecule has 0 fully saturated rings. The van der Waals surface area contributed by atoms with Crippen molar-refractivity contribution < 1.29 is 14.6 Å². The highest BCUT2D eigenvalue weighted by molar-refractivity contribution is 7.19. The van der Waals surface area contributed by atoms with Crippen LogP contribution < -0.4 is 4.74 Å². The van der Waals surface area contributed by atoms with E-state index in [2.05, 4.69) is 4.98 Å². The Kier molecular flexibility index (Phi) is 4.60. The van der Waals surface area contributed by atoms with Crippen molar-refractivity contribution in [3.8, 4) is 5.75 Å². The topological polar surface area (TPSA) is 59.4 Å². The standard InChI is InChI=1S/C22H17NO3S/c1-26-19-11-10-14-6-2-3-7-16(14)17(19)12-15(13-21(24)25)22-23-18-8-4-5-9-20(18)27-22/h2-12H,13H2,1H3,(H,24,25)/b15-12+. The zero-order valence-corrected chi connectivity index (χ0v) is 15.5. The van der Waals surface area contributed by atoms with E-state index in [9.17, 15) is 9.90 Å². The summed E-state index contributed by atoms with van der Waals surface area (Å²) >= 11 is 1.50. The quantitative estimate of drug-likeness (QED) is 0.502. The van der Waals surface area contributed by atoms with Crippen LogP contribution in [0.25, 0.3) is 32.6 Å². The molecule has 0 spiro atoms. The minimum atomic E-state index is -0.889. The number of nitrogens with zero attached hydrogens (tertiary/aromatic N) is 1. The third-order valence-corrected chi connectivity index (χ3v) is 5.49. The lowest BCUT2D eigenvalue weighted by Crippen LogP contribution is -1.98. The molecule has 0 atom stereocenters. The highest BCUT2D eigenvalue weighted by Crippen LogP contribution is 2.35. The molecular formula is C22H17NO3S. The van der Waals surface area contributed by atoms with E-state index >= 15 is 0 Å². The molecule has 0 aliphatic carbocycles. The lowest BCUT2D eigenvalue weighted by atomic mass is 10.0. The average Bonchev–Trinajstić information content (AvgIpc) is 3.11. The molecule has 0 radical (unpaired) electrons. The van der Waals surface area contributed by atoms with E-state index in [1.807, 2.05) is 66.7 Å². The Hall–Kier alpha value is -3.18. The number of para-hydroxylation sites is 1. The van der Waals surface area contributed by atoms with Crippen LogP contribution in [0.2, 0.25) is 0 Å². The molecule has 1 aromatic heterocycles. The van der Waals surface area contributed by atoms with Gasteiger partial charge in [0.15, 0.2) is 0 Å². The number of fused-ring (bicyclic) bond motifs is 2. The summed E-state index contributed by atoms with van der Waals surface area (Å²) in [6, 6.07) is 19.7. The van der Waals surface area contributed by atoms with Crippen molar-refractivity contribution >= 4 is 49.9 Å². The minimum Gasteiger partial charge on any atom is -0.496 e. The summed E-state index contributed by atoms with van der Waals surface area (Å²) in [5.41, 5.74) is 2.41. The van der Waals surface area contributed by atoms with Gasteiger partial charge in [-0.25, -0.2) is 4.98 Å². The largest absolute Gasteiger partial charge is 0.496 e. The van der Waals surface area contributed by atoms with Crippen LogP contribution in [0, 0.1) is 0 Å². The van der Waals surface area contributed by atoms with Crippen LogP contribution in [-0.2, 0) is 4.79 Å². The zero-order valence-electron chi connectivity index (χ0n) is 14.7. The molecule has 4 aromatic rings. The Bertz CT molecular complexity index is 1140. The third-order valence-electron chi connectivity index (χ3n) is 4.38. The maximum atomic E-state index is 11.5. The van der Waals surface area contributed by atoms with Crippen molar-refractivity contribution in [1.82, 2.24) is 4.98 Å². The average molecular weight is 375 g/mol. The lowest BCUT2D eigenvalue weighted by Gasteiger charge is -2.10. The van der Waals surface area contributed by atoms with Crippen LogP contribution in [0.4, 0.5) is 0 Å². The third kappa shape index (κ3) is 3.41. The van der Waals surface area contributed by atoms with Gasteiger partial charge in [-0.15, -0.1) is 11.3 Å². The van der Waals surface area contributed by atoms with Crippen LogP contribution in [0.15, 0.2) is 60.7 Å². The van der Waals surface area contributed by atoms with Crippen LogP contribution >= 0.6 is 11.3 Å². The van der Waals surface area contributed by atoms with Crippen molar-refractivity contribution in [2.45, 2.75) is 6.42 Å². The van der Waals surface area contributed by atoms with Gasteiger partial charge in [0.05, 0.1) is 23.7 Å². The number of hydrogen-bond acceptors (Lipinski definition) is 4. The number of aliphatic carboxylic acids is 1. The van der Waals surface area contributed by atoms with Crippen LogP contribution in [-0.4, -0.2) is 23.2 Å². The van der Waals surface area contributed by atoms with E-state index in [0.717, 1.165) is 26.6 Å². The maximum absolute atomic E-state index is 11.5. The molecule has 1 N–H and O–H groups in total. The van der Waals surface area contributed by atoms with E-state index in [0.29, 0.717) is 16.3 Å². The summed E-state index contributed by atoms with van der Waals surface area (Å²) in [6.07, 6.45) is 1.79. The van der Waals surface area contributed by atoms with Gasteiger partial charge in [-0.05, 0) is 40.6 Å². The van der Waals surface area contributed by atoms with Gasteiger partial charge in [-0.1, -0.05) is 42.5 Å². The molecule has 0 aliphatic rings. The fourth-order valence-electron chi connectivity index (χ4n) is 3.14. The van der Waals surface area contributed by atoms with Gasteiger partial charge in [-0.3, -0.25) is 4.79 Å². The maximum Gasteiger partial charge on any atom is 0.307 e. The molecular weight excluding hydrogens is 358 g/mol. The first-order valence-electron chi connectivity index (χ1n) is 8.50. The van der Waals surface area contributed by atoms with E-state index < -0.39 is 5.97 Å². The number of benzene rings is 3. The van der Waals surface area contributed by atoms with Crippen molar-refractivity contribution in [2.24, 2.45) is 0 Å². The second-order valence-electron chi connectivity index (χ2n) is 6.13. The Morgan fingerprint density at radius 3 is 2.67 bits per heavy atom. The van der Waals surface area contributed by atoms with Crippen LogP contribution in [0.1, 0.15) is 17.0 Å². The Morgan fingerprint density at radius 2 is 1.89 bits per heavy atom. The summed E-state index contributed by atoms with van der Waals surface area (Å²) in [4.78, 5) is 16.2. The van der Waals surface area contributed by atoms with Gasteiger partial charge in [0.1, 0.15) is 10.8 Å². The Morgan fingerprint density at radius 1 is 1.11 bits per heavy atom. The number of ether oxygens (including phenoxy) is 1. The van der Waals surface area contributed by atoms with E-state index in [4.69, 9.17) is 4.74 Å².